The number of benzene rings is 1. The normalized spacial score (nSPS) is 24.9. The van der Waals surface area contributed by atoms with Crippen molar-refractivity contribution in [3.63, 3.8) is 0 Å². The molecule has 1 aromatic carbocycles. The Morgan fingerprint density at radius 2 is 2.11 bits per heavy atom. The minimum atomic E-state index is -0.699. The molecule has 1 aliphatic heterocycles. The Balaban J connectivity index is 2.02. The van der Waals surface area contributed by atoms with Crippen LogP contribution in [-0.4, -0.2) is 23.2 Å². The van der Waals surface area contributed by atoms with Crippen LogP contribution in [0.5, 0.6) is 0 Å². The number of aliphatic hydroxyl groups is 1. The van der Waals surface area contributed by atoms with Gasteiger partial charge in [-0.3, -0.25) is 4.98 Å². The predicted molar refractivity (Wildman–Crippen MR) is 72.4 cm³/mol. The summed E-state index contributed by atoms with van der Waals surface area (Å²) in [6.45, 7) is 1.87. The molecule has 94 valence electrons. The number of aromatic nitrogens is 1. The van der Waals surface area contributed by atoms with Gasteiger partial charge in [0.2, 0.25) is 0 Å². The molecule has 0 radical (unpaired) electrons. The quantitative estimate of drug-likeness (QED) is 0.805. The highest BCUT2D eigenvalue weighted by Crippen LogP contribution is 2.32. The molecular weight excluding hydrogens is 224 g/mol. The van der Waals surface area contributed by atoms with Crippen LogP contribution in [0.3, 0.4) is 0 Å². The van der Waals surface area contributed by atoms with Crippen LogP contribution in [0.2, 0.25) is 0 Å². The van der Waals surface area contributed by atoms with E-state index in [2.05, 4.69) is 10.3 Å². The lowest BCUT2D eigenvalue weighted by molar-refractivity contribution is 0.0241. The van der Waals surface area contributed by atoms with Crippen molar-refractivity contribution >= 4 is 10.9 Å². The van der Waals surface area contributed by atoms with Gasteiger partial charge in [0, 0.05) is 11.6 Å². The number of fused-ring (bicyclic) bond motifs is 1. The molecule has 3 nitrogen and oxygen atoms in total. The Kier molecular flexibility index (Phi) is 3.02. The zero-order valence-electron chi connectivity index (χ0n) is 10.4. The van der Waals surface area contributed by atoms with E-state index in [-0.39, 0.29) is 0 Å². The Hall–Kier alpha value is -1.45. The van der Waals surface area contributed by atoms with Gasteiger partial charge in [-0.2, -0.15) is 0 Å². The molecule has 3 heteroatoms. The number of rotatable bonds is 1. The third-order valence-electron chi connectivity index (χ3n) is 3.80. The van der Waals surface area contributed by atoms with Gasteiger partial charge in [0.15, 0.2) is 0 Å². The van der Waals surface area contributed by atoms with Gasteiger partial charge in [-0.05, 0) is 50.0 Å². The highest BCUT2D eigenvalue weighted by molar-refractivity contribution is 5.79. The van der Waals surface area contributed by atoms with Gasteiger partial charge < -0.3 is 10.4 Å². The lowest BCUT2D eigenvalue weighted by Gasteiger charge is -2.27. The smallest absolute Gasteiger partial charge is 0.0909 e. The lowest BCUT2D eigenvalue weighted by Crippen LogP contribution is -2.27. The third-order valence-corrected chi connectivity index (χ3v) is 3.80. The van der Waals surface area contributed by atoms with E-state index in [1.54, 1.807) is 6.20 Å². The first-order chi connectivity index (χ1) is 8.78. The number of pyridine rings is 1. The summed E-state index contributed by atoms with van der Waals surface area (Å²) in [7, 11) is 0. The van der Waals surface area contributed by atoms with Gasteiger partial charge in [-0.15, -0.1) is 0 Å². The summed E-state index contributed by atoms with van der Waals surface area (Å²) in [5, 5.41) is 15.3. The van der Waals surface area contributed by atoms with Crippen molar-refractivity contribution in [3.8, 4) is 0 Å². The standard InChI is InChI=1S/C15H18N2O/c18-15(6-2-8-16-10-7-15)13-5-4-12-3-1-9-17-14(12)11-13/h1,3-5,9,11,16,18H,2,6-8,10H2. The minimum absolute atomic E-state index is 0.699. The van der Waals surface area contributed by atoms with E-state index >= 15 is 0 Å². The van der Waals surface area contributed by atoms with Crippen LogP contribution in [0.15, 0.2) is 36.5 Å². The summed E-state index contributed by atoms with van der Waals surface area (Å²) in [6.07, 6.45) is 4.39. The van der Waals surface area contributed by atoms with Crippen molar-refractivity contribution in [3.05, 3.63) is 42.1 Å². The molecule has 2 N–H and O–H groups in total. The molecule has 2 heterocycles. The van der Waals surface area contributed by atoms with Gasteiger partial charge in [-0.1, -0.05) is 18.2 Å². The average molecular weight is 242 g/mol. The molecule has 0 amide bonds. The number of hydrogen-bond donors (Lipinski definition) is 2. The Labute approximate surface area is 107 Å². The fraction of sp³-hybridized carbons (Fsp3) is 0.400. The molecule has 1 fully saturated rings. The zero-order chi connectivity index (χ0) is 12.4. The maximum Gasteiger partial charge on any atom is 0.0909 e. The summed E-state index contributed by atoms with van der Waals surface area (Å²) in [5.74, 6) is 0. The third kappa shape index (κ3) is 2.11. The molecule has 1 unspecified atom stereocenters. The van der Waals surface area contributed by atoms with Gasteiger partial charge in [0.25, 0.3) is 0 Å². The van der Waals surface area contributed by atoms with E-state index in [4.69, 9.17) is 0 Å². The molecule has 0 saturated carbocycles. The van der Waals surface area contributed by atoms with Crippen molar-refractivity contribution in [1.29, 1.82) is 0 Å². The van der Waals surface area contributed by atoms with Crippen LogP contribution >= 0.6 is 0 Å². The van der Waals surface area contributed by atoms with Gasteiger partial charge in [0.1, 0.15) is 0 Å². The highest BCUT2D eigenvalue weighted by Gasteiger charge is 2.30. The molecule has 0 bridgehead atoms. The van der Waals surface area contributed by atoms with Gasteiger partial charge in [-0.25, -0.2) is 0 Å². The molecule has 18 heavy (non-hydrogen) atoms. The second-order valence-electron chi connectivity index (χ2n) is 5.05. The van der Waals surface area contributed by atoms with E-state index in [1.165, 1.54) is 0 Å². The summed E-state index contributed by atoms with van der Waals surface area (Å²) in [5.41, 5.74) is 1.26. The Morgan fingerprint density at radius 1 is 1.17 bits per heavy atom. The van der Waals surface area contributed by atoms with Crippen LogP contribution in [-0.2, 0) is 5.60 Å². The van der Waals surface area contributed by atoms with Gasteiger partial charge in [0.05, 0.1) is 11.1 Å². The van der Waals surface area contributed by atoms with Crippen molar-refractivity contribution in [1.82, 2.24) is 10.3 Å². The van der Waals surface area contributed by atoms with Crippen molar-refractivity contribution < 1.29 is 5.11 Å². The Morgan fingerprint density at radius 3 is 3.06 bits per heavy atom. The summed E-state index contributed by atoms with van der Waals surface area (Å²) < 4.78 is 0. The fourth-order valence-corrected chi connectivity index (χ4v) is 2.70. The molecule has 1 aromatic heterocycles. The van der Waals surface area contributed by atoms with Crippen LogP contribution < -0.4 is 5.32 Å². The van der Waals surface area contributed by atoms with Crippen LogP contribution in [0, 0.1) is 0 Å². The first-order valence-corrected chi connectivity index (χ1v) is 6.56. The van der Waals surface area contributed by atoms with Crippen LogP contribution in [0.25, 0.3) is 10.9 Å². The summed E-state index contributed by atoms with van der Waals surface area (Å²) >= 11 is 0. The van der Waals surface area contributed by atoms with Gasteiger partial charge >= 0.3 is 0 Å². The molecule has 2 aromatic rings. The molecule has 3 rings (SSSR count). The topological polar surface area (TPSA) is 45.2 Å². The lowest BCUT2D eigenvalue weighted by atomic mass is 9.86. The molecular formula is C15H18N2O. The maximum absolute atomic E-state index is 10.8. The van der Waals surface area contributed by atoms with Crippen molar-refractivity contribution in [2.75, 3.05) is 13.1 Å². The summed E-state index contributed by atoms with van der Waals surface area (Å²) in [4.78, 5) is 4.36. The second-order valence-corrected chi connectivity index (χ2v) is 5.05. The monoisotopic (exact) mass is 242 g/mol. The van der Waals surface area contributed by atoms with E-state index in [1.807, 2.05) is 30.3 Å². The van der Waals surface area contributed by atoms with Crippen LogP contribution in [0.1, 0.15) is 24.8 Å². The SMILES string of the molecule is OC1(c2ccc3cccnc3c2)CCCNCC1. The second kappa shape index (κ2) is 4.67. The van der Waals surface area contributed by atoms with Crippen molar-refractivity contribution in [2.45, 2.75) is 24.9 Å². The molecule has 0 aliphatic carbocycles. The molecule has 1 atom stereocenters. The van der Waals surface area contributed by atoms with Crippen LogP contribution in [0.4, 0.5) is 0 Å². The zero-order valence-corrected chi connectivity index (χ0v) is 10.4. The van der Waals surface area contributed by atoms with E-state index in [0.29, 0.717) is 0 Å². The largest absolute Gasteiger partial charge is 0.385 e. The molecule has 1 saturated heterocycles. The van der Waals surface area contributed by atoms with E-state index in [0.717, 1.165) is 48.8 Å². The number of hydrogen-bond acceptors (Lipinski definition) is 3. The van der Waals surface area contributed by atoms with E-state index in [9.17, 15) is 5.11 Å². The number of nitrogens with zero attached hydrogens (tertiary/aromatic N) is 1. The molecule has 1 aliphatic rings. The fourth-order valence-electron chi connectivity index (χ4n) is 2.70. The van der Waals surface area contributed by atoms with E-state index < -0.39 is 5.60 Å². The number of nitrogens with one attached hydrogen (secondary N) is 1. The first kappa shape index (κ1) is 11.6. The van der Waals surface area contributed by atoms with Crippen molar-refractivity contribution in [2.24, 2.45) is 0 Å². The average Bonchev–Trinajstić information content (AvgIpc) is 2.64. The predicted octanol–water partition coefficient (Wildman–Crippen LogP) is 2.20. The summed E-state index contributed by atoms with van der Waals surface area (Å²) in [6, 6.07) is 10.1. The minimum Gasteiger partial charge on any atom is -0.385 e. The first-order valence-electron chi connectivity index (χ1n) is 6.56. The Bertz CT molecular complexity index is 545. The molecule has 0 spiro atoms. The highest BCUT2D eigenvalue weighted by atomic mass is 16.3. The maximum atomic E-state index is 10.8.